The standard InChI is InChI=1S/C16H20N4/c1-12(2)20-11-18-9-15(20)10-19-6-5-14-4-3-13(8-17)7-16(14)19/h3-7,9,11-12H,8,10,17H2,1-2H3. The Morgan fingerprint density at radius 1 is 1.25 bits per heavy atom. The van der Waals surface area contributed by atoms with Crippen LogP contribution in [-0.4, -0.2) is 14.1 Å². The Bertz CT molecular complexity index is 721. The number of hydrogen-bond acceptors (Lipinski definition) is 2. The molecule has 2 aromatic heterocycles. The van der Waals surface area contributed by atoms with Gasteiger partial charge in [-0.15, -0.1) is 0 Å². The molecular formula is C16H20N4. The van der Waals surface area contributed by atoms with Gasteiger partial charge in [0.1, 0.15) is 0 Å². The normalized spacial score (nSPS) is 11.6. The van der Waals surface area contributed by atoms with Crippen molar-refractivity contribution >= 4 is 10.9 Å². The first-order valence-corrected chi connectivity index (χ1v) is 6.97. The van der Waals surface area contributed by atoms with E-state index in [1.807, 2.05) is 12.5 Å². The van der Waals surface area contributed by atoms with Crippen molar-refractivity contribution in [2.24, 2.45) is 5.73 Å². The van der Waals surface area contributed by atoms with Crippen molar-refractivity contribution in [1.29, 1.82) is 0 Å². The second-order valence-electron chi connectivity index (χ2n) is 5.43. The Morgan fingerprint density at radius 3 is 2.85 bits per heavy atom. The Labute approximate surface area is 118 Å². The Balaban J connectivity index is 2.00. The van der Waals surface area contributed by atoms with E-state index in [2.05, 4.69) is 58.4 Å². The third kappa shape index (κ3) is 2.23. The summed E-state index contributed by atoms with van der Waals surface area (Å²) in [6.45, 7) is 5.75. The topological polar surface area (TPSA) is 48.8 Å². The highest BCUT2D eigenvalue weighted by Crippen LogP contribution is 2.20. The zero-order valence-electron chi connectivity index (χ0n) is 12.0. The number of benzene rings is 1. The molecule has 20 heavy (non-hydrogen) atoms. The maximum absolute atomic E-state index is 5.74. The predicted octanol–water partition coefficient (Wildman–Crippen LogP) is 2.93. The van der Waals surface area contributed by atoms with Crippen molar-refractivity contribution in [1.82, 2.24) is 14.1 Å². The summed E-state index contributed by atoms with van der Waals surface area (Å²) in [6, 6.07) is 8.96. The van der Waals surface area contributed by atoms with Crippen molar-refractivity contribution in [3.05, 3.63) is 54.2 Å². The van der Waals surface area contributed by atoms with E-state index in [1.54, 1.807) is 0 Å². The second kappa shape index (κ2) is 5.13. The van der Waals surface area contributed by atoms with Gasteiger partial charge in [0.2, 0.25) is 0 Å². The average Bonchev–Trinajstić information content (AvgIpc) is 3.06. The summed E-state index contributed by atoms with van der Waals surface area (Å²) in [5.41, 5.74) is 9.34. The van der Waals surface area contributed by atoms with E-state index in [-0.39, 0.29) is 0 Å². The zero-order chi connectivity index (χ0) is 14.1. The molecule has 3 rings (SSSR count). The number of aromatic nitrogens is 3. The lowest BCUT2D eigenvalue weighted by Crippen LogP contribution is -2.08. The maximum Gasteiger partial charge on any atom is 0.0951 e. The van der Waals surface area contributed by atoms with Crippen LogP contribution < -0.4 is 5.73 Å². The molecule has 0 aliphatic carbocycles. The lowest BCUT2D eigenvalue weighted by atomic mass is 10.1. The molecule has 0 spiro atoms. The molecule has 0 fully saturated rings. The van der Waals surface area contributed by atoms with Crippen molar-refractivity contribution in [2.45, 2.75) is 33.0 Å². The molecule has 4 heteroatoms. The largest absolute Gasteiger partial charge is 0.341 e. The summed E-state index contributed by atoms with van der Waals surface area (Å²) in [6.07, 6.45) is 5.97. The highest BCUT2D eigenvalue weighted by atomic mass is 15.1. The van der Waals surface area contributed by atoms with Gasteiger partial charge in [-0.25, -0.2) is 4.98 Å². The highest BCUT2D eigenvalue weighted by molar-refractivity contribution is 5.80. The Kier molecular flexibility index (Phi) is 3.32. The first kappa shape index (κ1) is 12.9. The monoisotopic (exact) mass is 268 g/mol. The number of nitrogens with zero attached hydrogens (tertiary/aromatic N) is 3. The molecular weight excluding hydrogens is 248 g/mol. The van der Waals surface area contributed by atoms with Crippen LogP contribution in [0.5, 0.6) is 0 Å². The van der Waals surface area contributed by atoms with Gasteiger partial charge < -0.3 is 14.9 Å². The molecule has 104 valence electrons. The van der Waals surface area contributed by atoms with Gasteiger partial charge in [0.15, 0.2) is 0 Å². The molecule has 0 unspecified atom stereocenters. The van der Waals surface area contributed by atoms with E-state index in [0.717, 1.165) is 12.1 Å². The third-order valence-electron chi connectivity index (χ3n) is 3.71. The van der Waals surface area contributed by atoms with E-state index < -0.39 is 0 Å². The van der Waals surface area contributed by atoms with Gasteiger partial charge >= 0.3 is 0 Å². The molecule has 0 aliphatic rings. The van der Waals surface area contributed by atoms with Crippen LogP contribution in [0, 0.1) is 0 Å². The van der Waals surface area contributed by atoms with Crippen molar-refractivity contribution in [3.63, 3.8) is 0 Å². The summed E-state index contributed by atoms with van der Waals surface area (Å²) in [7, 11) is 0. The van der Waals surface area contributed by atoms with Gasteiger partial charge in [0.25, 0.3) is 0 Å². The smallest absolute Gasteiger partial charge is 0.0951 e. The summed E-state index contributed by atoms with van der Waals surface area (Å²) in [5, 5.41) is 1.25. The molecule has 0 radical (unpaired) electrons. The van der Waals surface area contributed by atoms with Crippen LogP contribution in [0.25, 0.3) is 10.9 Å². The fourth-order valence-corrected chi connectivity index (χ4v) is 2.59. The number of imidazole rings is 1. The van der Waals surface area contributed by atoms with Crippen LogP contribution >= 0.6 is 0 Å². The minimum absolute atomic E-state index is 0.425. The molecule has 0 saturated carbocycles. The lowest BCUT2D eigenvalue weighted by Gasteiger charge is -2.13. The van der Waals surface area contributed by atoms with Crippen LogP contribution in [0.2, 0.25) is 0 Å². The molecule has 0 saturated heterocycles. The third-order valence-corrected chi connectivity index (χ3v) is 3.71. The molecule has 3 aromatic rings. The van der Waals surface area contributed by atoms with Crippen molar-refractivity contribution in [2.75, 3.05) is 0 Å². The fraction of sp³-hybridized carbons (Fsp3) is 0.312. The SMILES string of the molecule is CC(C)n1cncc1Cn1ccc2ccc(CN)cc21. The Morgan fingerprint density at radius 2 is 2.10 bits per heavy atom. The predicted molar refractivity (Wildman–Crippen MR) is 81.5 cm³/mol. The molecule has 4 nitrogen and oxygen atoms in total. The maximum atomic E-state index is 5.74. The zero-order valence-corrected chi connectivity index (χ0v) is 12.0. The number of rotatable bonds is 4. The molecule has 2 heterocycles. The molecule has 0 aliphatic heterocycles. The summed E-state index contributed by atoms with van der Waals surface area (Å²) < 4.78 is 4.46. The minimum atomic E-state index is 0.425. The van der Waals surface area contributed by atoms with Gasteiger partial charge in [-0.1, -0.05) is 12.1 Å². The van der Waals surface area contributed by atoms with Gasteiger partial charge in [-0.05, 0) is 36.9 Å². The van der Waals surface area contributed by atoms with Crippen LogP contribution in [0.3, 0.4) is 0 Å². The number of nitrogens with two attached hydrogens (primary N) is 1. The fourth-order valence-electron chi connectivity index (χ4n) is 2.59. The van der Waals surface area contributed by atoms with E-state index in [1.165, 1.54) is 16.6 Å². The van der Waals surface area contributed by atoms with Gasteiger partial charge in [0, 0.05) is 30.5 Å². The molecule has 0 amide bonds. The van der Waals surface area contributed by atoms with Gasteiger partial charge in [-0.3, -0.25) is 0 Å². The average molecular weight is 268 g/mol. The van der Waals surface area contributed by atoms with E-state index >= 15 is 0 Å². The minimum Gasteiger partial charge on any atom is -0.341 e. The number of hydrogen-bond donors (Lipinski definition) is 1. The second-order valence-corrected chi connectivity index (χ2v) is 5.43. The molecule has 0 bridgehead atoms. The summed E-state index contributed by atoms with van der Waals surface area (Å²) in [4.78, 5) is 4.27. The molecule has 1 aromatic carbocycles. The van der Waals surface area contributed by atoms with Crippen molar-refractivity contribution < 1.29 is 0 Å². The van der Waals surface area contributed by atoms with Crippen LogP contribution in [0.15, 0.2) is 43.0 Å². The summed E-state index contributed by atoms with van der Waals surface area (Å²) in [5.74, 6) is 0. The van der Waals surface area contributed by atoms with E-state index in [9.17, 15) is 0 Å². The van der Waals surface area contributed by atoms with E-state index in [4.69, 9.17) is 5.73 Å². The van der Waals surface area contributed by atoms with Gasteiger partial charge in [-0.2, -0.15) is 0 Å². The summed E-state index contributed by atoms with van der Waals surface area (Å²) >= 11 is 0. The lowest BCUT2D eigenvalue weighted by molar-refractivity contribution is 0.564. The first-order chi connectivity index (χ1) is 9.69. The van der Waals surface area contributed by atoms with Crippen LogP contribution in [0.4, 0.5) is 0 Å². The van der Waals surface area contributed by atoms with Crippen molar-refractivity contribution in [3.8, 4) is 0 Å². The Hall–Kier alpha value is -2.07. The van der Waals surface area contributed by atoms with Gasteiger partial charge in [0.05, 0.1) is 18.6 Å². The molecule has 0 atom stereocenters. The molecule has 2 N–H and O–H groups in total. The highest BCUT2D eigenvalue weighted by Gasteiger charge is 2.08. The van der Waals surface area contributed by atoms with Crippen LogP contribution in [-0.2, 0) is 13.1 Å². The van der Waals surface area contributed by atoms with Crippen LogP contribution in [0.1, 0.15) is 31.1 Å². The quantitative estimate of drug-likeness (QED) is 0.791. The number of fused-ring (bicyclic) bond motifs is 1. The van der Waals surface area contributed by atoms with E-state index in [0.29, 0.717) is 12.6 Å². The first-order valence-electron chi connectivity index (χ1n) is 6.97.